The number of carbonyl (C=O) groups excluding carboxylic acids is 1. The van der Waals surface area contributed by atoms with Crippen LogP contribution >= 0.6 is 15.9 Å². The first-order chi connectivity index (χ1) is 8.65. The zero-order valence-electron chi connectivity index (χ0n) is 10.2. The summed E-state index contributed by atoms with van der Waals surface area (Å²) in [7, 11) is 0. The summed E-state index contributed by atoms with van der Waals surface area (Å²) in [5, 5.41) is 0. The van der Waals surface area contributed by atoms with Gasteiger partial charge in [0.05, 0.1) is 4.47 Å². The lowest BCUT2D eigenvalue weighted by atomic mass is 9.94. The number of Topliss-reactive ketones (excluding diaryl/α,β-unsaturated/α-hetero) is 1. The van der Waals surface area contributed by atoms with Crippen molar-refractivity contribution >= 4 is 21.7 Å². The van der Waals surface area contributed by atoms with Crippen molar-refractivity contribution < 1.29 is 9.18 Å². The summed E-state index contributed by atoms with van der Waals surface area (Å²) >= 11 is 3.14. The van der Waals surface area contributed by atoms with Crippen molar-refractivity contribution in [2.75, 3.05) is 0 Å². The molecule has 0 saturated heterocycles. The number of hydrogen-bond donors (Lipinski definition) is 0. The van der Waals surface area contributed by atoms with Gasteiger partial charge in [0.25, 0.3) is 0 Å². The highest BCUT2D eigenvalue weighted by Crippen LogP contribution is 2.22. The lowest BCUT2D eigenvalue weighted by Gasteiger charge is -2.11. The molecule has 1 aliphatic rings. The lowest BCUT2D eigenvalue weighted by Crippen LogP contribution is -2.06. The van der Waals surface area contributed by atoms with Gasteiger partial charge in [0, 0.05) is 12.8 Å². The van der Waals surface area contributed by atoms with Crippen LogP contribution in [0.15, 0.2) is 34.3 Å². The van der Waals surface area contributed by atoms with Gasteiger partial charge in [-0.2, -0.15) is 0 Å². The second kappa shape index (κ2) is 6.28. The van der Waals surface area contributed by atoms with Crippen LogP contribution in [0, 0.1) is 5.82 Å². The van der Waals surface area contributed by atoms with Gasteiger partial charge in [0.2, 0.25) is 0 Å². The molecule has 0 heterocycles. The Morgan fingerprint density at radius 2 is 2.11 bits per heavy atom. The summed E-state index contributed by atoms with van der Waals surface area (Å²) in [6, 6.07) is 4.75. The Morgan fingerprint density at radius 3 is 2.78 bits per heavy atom. The van der Waals surface area contributed by atoms with E-state index in [9.17, 15) is 9.18 Å². The maximum atomic E-state index is 13.1. The van der Waals surface area contributed by atoms with Crippen LogP contribution in [0.3, 0.4) is 0 Å². The van der Waals surface area contributed by atoms with E-state index in [1.165, 1.54) is 24.5 Å². The van der Waals surface area contributed by atoms with Gasteiger partial charge >= 0.3 is 0 Å². The number of allylic oxidation sites excluding steroid dienone is 2. The zero-order chi connectivity index (χ0) is 13.0. The molecule has 1 aromatic carbocycles. The van der Waals surface area contributed by atoms with E-state index >= 15 is 0 Å². The second-order valence-electron chi connectivity index (χ2n) is 4.75. The third-order valence-corrected chi connectivity index (χ3v) is 3.80. The average molecular weight is 311 g/mol. The quantitative estimate of drug-likeness (QED) is 0.743. The highest BCUT2D eigenvalue weighted by molar-refractivity contribution is 9.10. The first kappa shape index (κ1) is 13.5. The SMILES string of the molecule is O=C(CC1=CCCCC1)Cc1ccc(F)c(Br)c1. The largest absolute Gasteiger partial charge is 0.299 e. The zero-order valence-corrected chi connectivity index (χ0v) is 11.8. The van der Waals surface area contributed by atoms with E-state index in [1.807, 2.05) is 0 Å². The average Bonchev–Trinajstić information content (AvgIpc) is 2.35. The molecule has 1 aliphatic carbocycles. The van der Waals surface area contributed by atoms with E-state index in [1.54, 1.807) is 12.1 Å². The van der Waals surface area contributed by atoms with Crippen molar-refractivity contribution in [3.05, 3.63) is 45.7 Å². The maximum Gasteiger partial charge on any atom is 0.141 e. The van der Waals surface area contributed by atoms with Gasteiger partial charge < -0.3 is 0 Å². The van der Waals surface area contributed by atoms with Crippen molar-refractivity contribution in [2.45, 2.75) is 38.5 Å². The van der Waals surface area contributed by atoms with Gasteiger partial charge in [-0.15, -0.1) is 0 Å². The van der Waals surface area contributed by atoms with E-state index in [0.717, 1.165) is 18.4 Å². The monoisotopic (exact) mass is 310 g/mol. The number of carbonyl (C=O) groups is 1. The molecule has 0 spiro atoms. The van der Waals surface area contributed by atoms with E-state index < -0.39 is 0 Å². The van der Waals surface area contributed by atoms with Crippen molar-refractivity contribution in [2.24, 2.45) is 0 Å². The van der Waals surface area contributed by atoms with Crippen molar-refractivity contribution in [3.63, 3.8) is 0 Å². The molecule has 1 nitrogen and oxygen atoms in total. The van der Waals surface area contributed by atoms with Crippen LogP contribution in [-0.4, -0.2) is 5.78 Å². The summed E-state index contributed by atoms with van der Waals surface area (Å²) in [6.07, 6.45) is 7.72. The van der Waals surface area contributed by atoms with E-state index in [0.29, 0.717) is 17.3 Å². The molecule has 0 fully saturated rings. The highest BCUT2D eigenvalue weighted by Gasteiger charge is 2.10. The molecule has 2 rings (SSSR count). The fourth-order valence-electron chi connectivity index (χ4n) is 2.26. The summed E-state index contributed by atoms with van der Waals surface area (Å²) in [6.45, 7) is 0. The van der Waals surface area contributed by atoms with Crippen LogP contribution < -0.4 is 0 Å². The smallest absolute Gasteiger partial charge is 0.141 e. The Labute approximate surface area is 115 Å². The standard InChI is InChI=1S/C15H16BrFO/c16-14-10-12(6-7-15(14)17)9-13(18)8-11-4-2-1-3-5-11/h4,6-7,10H,1-3,5,8-9H2. The summed E-state index contributed by atoms with van der Waals surface area (Å²) in [5.41, 5.74) is 2.14. The van der Waals surface area contributed by atoms with E-state index in [2.05, 4.69) is 22.0 Å². The minimum Gasteiger partial charge on any atom is -0.299 e. The van der Waals surface area contributed by atoms with Crippen LogP contribution in [0.2, 0.25) is 0 Å². The second-order valence-corrected chi connectivity index (χ2v) is 5.60. The molecule has 0 atom stereocenters. The number of ketones is 1. The van der Waals surface area contributed by atoms with Gasteiger partial charge in [-0.05, 0) is 59.3 Å². The predicted octanol–water partition coefficient (Wildman–Crippen LogP) is 4.59. The first-order valence-corrected chi connectivity index (χ1v) is 7.08. The van der Waals surface area contributed by atoms with Gasteiger partial charge in [0.15, 0.2) is 0 Å². The molecule has 96 valence electrons. The minimum absolute atomic E-state index is 0.210. The Hall–Kier alpha value is -0.960. The molecule has 0 saturated carbocycles. The molecule has 3 heteroatoms. The minimum atomic E-state index is -0.291. The summed E-state index contributed by atoms with van der Waals surface area (Å²) in [5.74, 6) is -0.0807. The topological polar surface area (TPSA) is 17.1 Å². The van der Waals surface area contributed by atoms with E-state index in [-0.39, 0.29) is 11.6 Å². The molecule has 0 aliphatic heterocycles. The normalized spacial score (nSPS) is 15.3. The number of halogens is 2. The molecule has 0 amide bonds. The molecule has 0 radical (unpaired) electrons. The molecule has 0 N–H and O–H groups in total. The Kier molecular flexibility index (Phi) is 4.70. The van der Waals surface area contributed by atoms with Crippen LogP contribution in [0.4, 0.5) is 4.39 Å². The van der Waals surface area contributed by atoms with Crippen molar-refractivity contribution in [3.8, 4) is 0 Å². The lowest BCUT2D eigenvalue weighted by molar-refractivity contribution is -0.117. The Bertz CT molecular complexity index is 479. The van der Waals surface area contributed by atoms with E-state index in [4.69, 9.17) is 0 Å². The van der Waals surface area contributed by atoms with Crippen molar-refractivity contribution in [1.82, 2.24) is 0 Å². The van der Waals surface area contributed by atoms with Gasteiger partial charge in [-0.25, -0.2) is 4.39 Å². The third kappa shape index (κ3) is 3.77. The Balaban J connectivity index is 1.94. The molecular formula is C15H16BrFO. The summed E-state index contributed by atoms with van der Waals surface area (Å²) in [4.78, 5) is 11.9. The van der Waals surface area contributed by atoms with Crippen LogP contribution in [0.25, 0.3) is 0 Å². The Morgan fingerprint density at radius 1 is 1.28 bits per heavy atom. The maximum absolute atomic E-state index is 13.1. The molecule has 0 unspecified atom stereocenters. The fourth-order valence-corrected chi connectivity index (χ4v) is 2.68. The third-order valence-electron chi connectivity index (χ3n) is 3.19. The molecule has 18 heavy (non-hydrogen) atoms. The molecule has 0 aromatic heterocycles. The van der Waals surface area contributed by atoms with Crippen LogP contribution in [0.1, 0.15) is 37.7 Å². The van der Waals surface area contributed by atoms with Crippen molar-refractivity contribution in [1.29, 1.82) is 0 Å². The van der Waals surface area contributed by atoms with Crippen LogP contribution in [0.5, 0.6) is 0 Å². The van der Waals surface area contributed by atoms with Gasteiger partial charge in [-0.1, -0.05) is 17.7 Å². The van der Waals surface area contributed by atoms with Gasteiger partial charge in [-0.3, -0.25) is 4.79 Å². The van der Waals surface area contributed by atoms with Crippen LogP contribution in [-0.2, 0) is 11.2 Å². The number of hydrogen-bond acceptors (Lipinski definition) is 1. The molecular weight excluding hydrogens is 295 g/mol. The molecule has 1 aromatic rings. The van der Waals surface area contributed by atoms with Gasteiger partial charge in [0.1, 0.15) is 11.6 Å². The number of rotatable bonds is 4. The fraction of sp³-hybridized carbons (Fsp3) is 0.400. The molecule has 0 bridgehead atoms. The first-order valence-electron chi connectivity index (χ1n) is 6.28. The summed E-state index contributed by atoms with van der Waals surface area (Å²) < 4.78 is 13.5. The highest BCUT2D eigenvalue weighted by atomic mass is 79.9. The number of benzene rings is 1. The predicted molar refractivity (Wildman–Crippen MR) is 74.0 cm³/mol.